The number of ether oxygens (including phenoxy) is 4. The molecule has 3 aliphatic heterocycles. The molecule has 11 nitrogen and oxygen atoms in total. The van der Waals surface area contributed by atoms with Crippen LogP contribution in [0.25, 0.3) is 0 Å². The van der Waals surface area contributed by atoms with Crippen LogP contribution in [0.5, 0.6) is 28.7 Å². The highest BCUT2D eigenvalue weighted by molar-refractivity contribution is 6.03. The largest absolute Gasteiger partial charge is 0.497 e. The zero-order chi connectivity index (χ0) is 34.9. The molecule has 1 unspecified atom stereocenters. The first kappa shape index (κ1) is 34.1. The number of benzene rings is 3. The van der Waals surface area contributed by atoms with Crippen LogP contribution in [0.2, 0.25) is 0 Å². The highest BCUT2D eigenvalue weighted by Gasteiger charge is 2.38. The van der Waals surface area contributed by atoms with Crippen molar-refractivity contribution in [3.8, 4) is 28.7 Å². The summed E-state index contributed by atoms with van der Waals surface area (Å²) in [5.41, 5.74) is 7.55. The Balaban J connectivity index is 1.07. The third kappa shape index (κ3) is 7.32. The van der Waals surface area contributed by atoms with Crippen molar-refractivity contribution in [1.82, 2.24) is 14.7 Å². The van der Waals surface area contributed by atoms with Crippen molar-refractivity contribution in [1.29, 1.82) is 0 Å². The maximum Gasteiger partial charge on any atom is 0.256 e. The van der Waals surface area contributed by atoms with Crippen LogP contribution < -0.4 is 24.7 Å². The molecular formula is C38H47N5O6. The molecule has 2 fully saturated rings. The average Bonchev–Trinajstić information content (AvgIpc) is 3.51. The summed E-state index contributed by atoms with van der Waals surface area (Å²) in [4.78, 5) is 37.6. The van der Waals surface area contributed by atoms with E-state index in [9.17, 15) is 9.59 Å². The number of fused-ring (bicyclic) bond motifs is 2. The van der Waals surface area contributed by atoms with Gasteiger partial charge in [0.15, 0.2) is 11.5 Å². The van der Waals surface area contributed by atoms with E-state index in [0.29, 0.717) is 65.0 Å². The van der Waals surface area contributed by atoms with E-state index in [1.165, 1.54) is 0 Å². The van der Waals surface area contributed by atoms with E-state index >= 15 is 0 Å². The Hall–Kier alpha value is -4.77. The van der Waals surface area contributed by atoms with E-state index in [4.69, 9.17) is 24.7 Å². The number of nitrogen functional groups attached to an aromatic ring is 1. The van der Waals surface area contributed by atoms with E-state index in [0.717, 1.165) is 38.2 Å². The standard InChI is InChI=1S/C38H47N5O6/c1-37(2,24-38(3,4)49-34-22-31-29(21-33(34)47-6)36(45)43-15-7-8-26(43)23-40-31)42-18-16-41(17-19-42)35(44)25-9-14-32(30(39)20-25)48-28-12-10-27(46-5)11-13-28/h9-14,20-23,26H,7-8,15-19,24,39H2,1-6H3. The summed E-state index contributed by atoms with van der Waals surface area (Å²) < 4.78 is 23.5. The second kappa shape index (κ2) is 13.6. The van der Waals surface area contributed by atoms with E-state index < -0.39 is 5.60 Å². The second-order valence-corrected chi connectivity index (χ2v) is 14.2. The number of hydrogen-bond acceptors (Lipinski definition) is 9. The van der Waals surface area contributed by atoms with Gasteiger partial charge < -0.3 is 34.5 Å². The predicted molar refractivity (Wildman–Crippen MR) is 190 cm³/mol. The zero-order valence-corrected chi connectivity index (χ0v) is 29.3. The molecule has 0 radical (unpaired) electrons. The van der Waals surface area contributed by atoms with Gasteiger partial charge in [0.25, 0.3) is 11.8 Å². The first-order valence-corrected chi connectivity index (χ1v) is 16.9. The fraction of sp³-hybridized carbons (Fsp3) is 0.447. The zero-order valence-electron chi connectivity index (χ0n) is 29.3. The van der Waals surface area contributed by atoms with Crippen molar-refractivity contribution in [2.75, 3.05) is 52.7 Å². The van der Waals surface area contributed by atoms with Gasteiger partial charge in [0, 0.05) is 62.5 Å². The van der Waals surface area contributed by atoms with Gasteiger partial charge in [0.2, 0.25) is 0 Å². The Morgan fingerprint density at radius 3 is 2.27 bits per heavy atom. The molecule has 1 atom stereocenters. The molecule has 2 saturated heterocycles. The van der Waals surface area contributed by atoms with Crippen molar-refractivity contribution in [3.05, 3.63) is 65.7 Å². The monoisotopic (exact) mass is 669 g/mol. The SMILES string of the molecule is COc1ccc(Oc2ccc(C(=O)N3CCN(C(C)(C)CC(C)(C)Oc4cc5c(cc4OC)C(=O)N4CCCC4C=N5)CC3)cc2N)cc1. The molecule has 260 valence electrons. The van der Waals surface area contributed by atoms with Gasteiger partial charge in [0.05, 0.1) is 37.2 Å². The summed E-state index contributed by atoms with van der Waals surface area (Å²) >= 11 is 0. The van der Waals surface area contributed by atoms with E-state index in [1.54, 1.807) is 50.6 Å². The number of amides is 2. The molecule has 0 saturated carbocycles. The number of hydrogen-bond donors (Lipinski definition) is 1. The van der Waals surface area contributed by atoms with Crippen LogP contribution >= 0.6 is 0 Å². The number of piperazine rings is 1. The molecule has 2 amide bonds. The highest BCUT2D eigenvalue weighted by atomic mass is 16.5. The third-order valence-corrected chi connectivity index (χ3v) is 9.67. The van der Waals surface area contributed by atoms with Gasteiger partial charge in [-0.1, -0.05) is 0 Å². The summed E-state index contributed by atoms with van der Waals surface area (Å²) in [5.74, 6) is 2.85. The lowest BCUT2D eigenvalue weighted by Gasteiger charge is -2.47. The van der Waals surface area contributed by atoms with Gasteiger partial charge >= 0.3 is 0 Å². The van der Waals surface area contributed by atoms with Gasteiger partial charge in [-0.15, -0.1) is 0 Å². The fourth-order valence-corrected chi connectivity index (χ4v) is 7.32. The van der Waals surface area contributed by atoms with Crippen LogP contribution in [-0.2, 0) is 0 Å². The van der Waals surface area contributed by atoms with E-state index in [1.807, 2.05) is 34.2 Å². The Morgan fingerprint density at radius 2 is 1.59 bits per heavy atom. The molecule has 6 rings (SSSR count). The number of nitrogens with two attached hydrogens (primary N) is 1. The molecule has 3 heterocycles. The van der Waals surface area contributed by atoms with Crippen LogP contribution in [0, 0.1) is 0 Å². The minimum atomic E-state index is -0.580. The summed E-state index contributed by atoms with van der Waals surface area (Å²) in [6, 6.07) is 16.0. The number of anilines is 1. The molecule has 0 aliphatic carbocycles. The molecule has 49 heavy (non-hydrogen) atoms. The van der Waals surface area contributed by atoms with Crippen molar-refractivity contribution in [3.63, 3.8) is 0 Å². The quantitative estimate of drug-likeness (QED) is 0.254. The Morgan fingerprint density at radius 1 is 0.878 bits per heavy atom. The summed E-state index contributed by atoms with van der Waals surface area (Å²) in [6.45, 7) is 11.9. The molecule has 0 aromatic heterocycles. The first-order valence-electron chi connectivity index (χ1n) is 16.9. The van der Waals surface area contributed by atoms with Gasteiger partial charge in [-0.3, -0.25) is 19.5 Å². The molecule has 0 spiro atoms. The molecule has 11 heteroatoms. The maximum atomic E-state index is 13.5. The van der Waals surface area contributed by atoms with Crippen molar-refractivity contribution in [2.45, 2.75) is 64.1 Å². The highest BCUT2D eigenvalue weighted by Crippen LogP contribution is 2.41. The maximum absolute atomic E-state index is 13.5. The van der Waals surface area contributed by atoms with Crippen LogP contribution in [0.15, 0.2) is 59.6 Å². The molecule has 0 bridgehead atoms. The first-order chi connectivity index (χ1) is 23.4. The topological polar surface area (TPSA) is 119 Å². The van der Waals surface area contributed by atoms with Gasteiger partial charge in [-0.2, -0.15) is 0 Å². The molecule has 3 aromatic carbocycles. The van der Waals surface area contributed by atoms with Crippen molar-refractivity contribution in [2.24, 2.45) is 4.99 Å². The number of methoxy groups -OCH3 is 2. The summed E-state index contributed by atoms with van der Waals surface area (Å²) in [7, 11) is 3.20. The Bertz CT molecular complexity index is 1730. The number of nitrogens with zero attached hydrogens (tertiary/aromatic N) is 4. The molecule has 3 aromatic rings. The van der Waals surface area contributed by atoms with Crippen molar-refractivity contribution < 1.29 is 28.5 Å². The number of aliphatic imine (C=N–C) groups is 1. The minimum absolute atomic E-state index is 0.0166. The second-order valence-electron chi connectivity index (χ2n) is 14.2. The van der Waals surface area contributed by atoms with Crippen LogP contribution in [-0.4, -0.2) is 96.9 Å². The van der Waals surface area contributed by atoms with Gasteiger partial charge in [0.1, 0.15) is 22.8 Å². The number of rotatable bonds is 10. The van der Waals surface area contributed by atoms with Crippen LogP contribution in [0.1, 0.15) is 67.7 Å². The molecule has 3 aliphatic rings. The fourth-order valence-electron chi connectivity index (χ4n) is 7.32. The Labute approximate surface area is 288 Å². The Kier molecular flexibility index (Phi) is 9.48. The van der Waals surface area contributed by atoms with E-state index in [2.05, 4.69) is 37.6 Å². The van der Waals surface area contributed by atoms with Gasteiger partial charge in [-0.25, -0.2) is 0 Å². The lowest BCUT2D eigenvalue weighted by atomic mass is 9.87. The van der Waals surface area contributed by atoms with Crippen LogP contribution in [0.4, 0.5) is 11.4 Å². The van der Waals surface area contributed by atoms with Gasteiger partial charge in [-0.05, 0) is 89.1 Å². The summed E-state index contributed by atoms with van der Waals surface area (Å²) in [5, 5.41) is 0. The van der Waals surface area contributed by atoms with Crippen molar-refractivity contribution >= 4 is 29.4 Å². The predicted octanol–water partition coefficient (Wildman–Crippen LogP) is 6.18. The third-order valence-electron chi connectivity index (χ3n) is 9.67. The number of carbonyl (C=O) groups is 2. The van der Waals surface area contributed by atoms with E-state index in [-0.39, 0.29) is 23.4 Å². The lowest BCUT2D eigenvalue weighted by molar-refractivity contribution is -0.00471. The molecular weight excluding hydrogens is 622 g/mol. The summed E-state index contributed by atoms with van der Waals surface area (Å²) in [6.07, 6.45) is 4.50. The smallest absolute Gasteiger partial charge is 0.256 e. The normalized spacial score (nSPS) is 18.1. The molecule has 2 N–H and O–H groups in total. The minimum Gasteiger partial charge on any atom is -0.497 e. The number of carbonyl (C=O) groups excluding carboxylic acids is 2. The lowest BCUT2D eigenvalue weighted by Crippen LogP contribution is -2.57. The van der Waals surface area contributed by atoms with Crippen LogP contribution in [0.3, 0.4) is 0 Å². The average molecular weight is 670 g/mol.